The minimum Gasteiger partial charge on any atom is -0.465 e. The van der Waals surface area contributed by atoms with E-state index in [1.807, 2.05) is 43.3 Å². The first kappa shape index (κ1) is 17.2. The molecule has 0 radical (unpaired) electrons. The fourth-order valence-electron chi connectivity index (χ4n) is 3.13. The third-order valence-corrected chi connectivity index (χ3v) is 4.67. The number of nitrogens with zero attached hydrogens (tertiary/aromatic N) is 2. The minimum atomic E-state index is -0.383. The van der Waals surface area contributed by atoms with Crippen molar-refractivity contribution < 1.29 is 9.53 Å². The van der Waals surface area contributed by atoms with Gasteiger partial charge in [0, 0.05) is 39.3 Å². The van der Waals surface area contributed by atoms with Gasteiger partial charge in [-0.1, -0.05) is 17.7 Å². The van der Waals surface area contributed by atoms with E-state index in [1.54, 1.807) is 18.5 Å². The molecule has 6 heteroatoms. The Balaban J connectivity index is 1.97. The number of carbonyl (C=O) groups excluding carboxylic acids is 1. The van der Waals surface area contributed by atoms with Gasteiger partial charge in [0.05, 0.1) is 18.2 Å². The Kier molecular flexibility index (Phi) is 4.38. The molecule has 0 bridgehead atoms. The van der Waals surface area contributed by atoms with E-state index in [0.29, 0.717) is 21.9 Å². The van der Waals surface area contributed by atoms with E-state index >= 15 is 0 Å². The number of benzene rings is 2. The van der Waals surface area contributed by atoms with Gasteiger partial charge in [-0.2, -0.15) is 0 Å². The summed E-state index contributed by atoms with van der Waals surface area (Å²) in [5.74, 6) is 0.286. The molecule has 4 aromatic rings. The Morgan fingerprint density at radius 2 is 1.96 bits per heavy atom. The first-order chi connectivity index (χ1) is 13.1. The lowest BCUT2D eigenvalue weighted by atomic mass is 10.0. The Hall–Kier alpha value is -3.18. The summed E-state index contributed by atoms with van der Waals surface area (Å²) in [5, 5.41) is 6.77. The van der Waals surface area contributed by atoms with Gasteiger partial charge in [0.2, 0.25) is 0 Å². The highest BCUT2D eigenvalue weighted by Crippen LogP contribution is 2.32. The van der Waals surface area contributed by atoms with Crippen LogP contribution in [-0.2, 0) is 4.74 Å². The summed E-state index contributed by atoms with van der Waals surface area (Å²) < 4.78 is 4.88. The molecule has 0 amide bonds. The van der Waals surface area contributed by atoms with Crippen molar-refractivity contribution in [1.29, 1.82) is 0 Å². The van der Waals surface area contributed by atoms with Gasteiger partial charge in [-0.15, -0.1) is 0 Å². The van der Waals surface area contributed by atoms with Crippen LogP contribution in [0, 0.1) is 6.92 Å². The molecular weight excluding hydrogens is 362 g/mol. The SMILES string of the molecule is COC(=O)c1cc2nc(Nc3cccc(Cl)c3)c3ccncc3c2cc1C. The number of aryl methyl sites for hydroxylation is 1. The number of methoxy groups -OCH3 is 1. The average Bonchev–Trinajstić information content (AvgIpc) is 2.67. The van der Waals surface area contributed by atoms with E-state index in [4.69, 9.17) is 21.3 Å². The van der Waals surface area contributed by atoms with E-state index in [9.17, 15) is 4.79 Å². The van der Waals surface area contributed by atoms with Gasteiger partial charge in [0.1, 0.15) is 5.82 Å². The lowest BCUT2D eigenvalue weighted by molar-refractivity contribution is 0.0600. The number of aromatic nitrogens is 2. The average molecular weight is 378 g/mol. The molecule has 0 saturated carbocycles. The van der Waals surface area contributed by atoms with Gasteiger partial charge < -0.3 is 10.1 Å². The summed E-state index contributed by atoms with van der Waals surface area (Å²) in [7, 11) is 1.37. The molecule has 0 fully saturated rings. The van der Waals surface area contributed by atoms with E-state index in [2.05, 4.69) is 10.3 Å². The van der Waals surface area contributed by atoms with Crippen LogP contribution >= 0.6 is 11.6 Å². The Morgan fingerprint density at radius 1 is 1.11 bits per heavy atom. The second-order valence-corrected chi connectivity index (χ2v) is 6.63. The Bertz CT molecular complexity index is 1190. The highest BCUT2D eigenvalue weighted by molar-refractivity contribution is 6.30. The minimum absolute atomic E-state index is 0.383. The van der Waals surface area contributed by atoms with Crippen molar-refractivity contribution in [2.75, 3.05) is 12.4 Å². The van der Waals surface area contributed by atoms with Gasteiger partial charge >= 0.3 is 5.97 Å². The number of nitrogens with one attached hydrogen (secondary N) is 1. The van der Waals surface area contributed by atoms with Crippen molar-refractivity contribution >= 4 is 50.8 Å². The predicted molar refractivity (Wildman–Crippen MR) is 108 cm³/mol. The first-order valence-corrected chi connectivity index (χ1v) is 8.73. The highest BCUT2D eigenvalue weighted by Gasteiger charge is 2.15. The Morgan fingerprint density at radius 3 is 2.74 bits per heavy atom. The van der Waals surface area contributed by atoms with Crippen molar-refractivity contribution in [1.82, 2.24) is 9.97 Å². The van der Waals surface area contributed by atoms with E-state index < -0.39 is 0 Å². The van der Waals surface area contributed by atoms with Crippen LogP contribution in [0.25, 0.3) is 21.7 Å². The molecule has 0 saturated heterocycles. The normalized spacial score (nSPS) is 10.9. The number of halogens is 1. The van der Waals surface area contributed by atoms with Crippen molar-refractivity contribution in [3.63, 3.8) is 0 Å². The molecule has 5 nitrogen and oxygen atoms in total. The molecule has 0 aliphatic carbocycles. The summed E-state index contributed by atoms with van der Waals surface area (Å²) >= 11 is 6.09. The molecular formula is C21H16ClN3O2. The molecule has 27 heavy (non-hydrogen) atoms. The third-order valence-electron chi connectivity index (χ3n) is 4.43. The van der Waals surface area contributed by atoms with Crippen LogP contribution in [0.3, 0.4) is 0 Å². The lowest BCUT2D eigenvalue weighted by Gasteiger charge is -2.13. The molecule has 4 rings (SSSR count). The predicted octanol–water partition coefficient (Wildman–Crippen LogP) is 5.28. The maximum atomic E-state index is 12.1. The van der Waals surface area contributed by atoms with Crippen LogP contribution in [0.5, 0.6) is 0 Å². The number of rotatable bonds is 3. The standard InChI is InChI=1S/C21H16ClN3O2/c1-12-8-17-18-11-23-7-6-15(18)20(24-14-5-3-4-13(22)9-14)25-19(17)10-16(12)21(26)27-2/h3-11H,1-2H3,(H,24,25). The second-order valence-electron chi connectivity index (χ2n) is 6.19. The van der Waals surface area contributed by atoms with E-state index in [0.717, 1.165) is 27.4 Å². The maximum absolute atomic E-state index is 12.1. The molecule has 134 valence electrons. The maximum Gasteiger partial charge on any atom is 0.338 e. The fourth-order valence-corrected chi connectivity index (χ4v) is 3.32. The van der Waals surface area contributed by atoms with Gasteiger partial charge in [-0.05, 0) is 48.9 Å². The zero-order valence-corrected chi connectivity index (χ0v) is 15.5. The number of ether oxygens (including phenoxy) is 1. The molecule has 2 aromatic carbocycles. The van der Waals surface area contributed by atoms with E-state index in [-0.39, 0.29) is 5.97 Å². The number of hydrogen-bond donors (Lipinski definition) is 1. The van der Waals surface area contributed by atoms with Crippen LogP contribution in [0.1, 0.15) is 15.9 Å². The van der Waals surface area contributed by atoms with Crippen molar-refractivity contribution in [2.24, 2.45) is 0 Å². The summed E-state index contributed by atoms with van der Waals surface area (Å²) in [6.07, 6.45) is 3.54. The quantitative estimate of drug-likeness (QED) is 0.389. The summed E-state index contributed by atoms with van der Waals surface area (Å²) in [6.45, 7) is 1.88. The molecule has 2 heterocycles. The molecule has 0 atom stereocenters. The number of hydrogen-bond acceptors (Lipinski definition) is 5. The highest BCUT2D eigenvalue weighted by atomic mass is 35.5. The van der Waals surface area contributed by atoms with E-state index in [1.165, 1.54) is 7.11 Å². The van der Waals surface area contributed by atoms with Crippen LogP contribution in [-0.4, -0.2) is 23.0 Å². The fraction of sp³-hybridized carbons (Fsp3) is 0.0952. The lowest BCUT2D eigenvalue weighted by Crippen LogP contribution is -2.05. The zero-order valence-electron chi connectivity index (χ0n) is 14.8. The number of fused-ring (bicyclic) bond motifs is 3. The number of anilines is 2. The van der Waals surface area contributed by atoms with Crippen molar-refractivity contribution in [3.8, 4) is 0 Å². The van der Waals surface area contributed by atoms with Crippen LogP contribution in [0.15, 0.2) is 54.9 Å². The van der Waals surface area contributed by atoms with Crippen molar-refractivity contribution in [2.45, 2.75) is 6.92 Å². The zero-order chi connectivity index (χ0) is 19.0. The van der Waals surface area contributed by atoms with Crippen LogP contribution in [0.2, 0.25) is 5.02 Å². The topological polar surface area (TPSA) is 64.1 Å². The number of esters is 1. The summed E-state index contributed by atoms with van der Waals surface area (Å²) in [5.41, 5.74) is 2.84. The van der Waals surface area contributed by atoms with Gasteiger partial charge in [-0.3, -0.25) is 4.98 Å². The molecule has 2 aromatic heterocycles. The first-order valence-electron chi connectivity index (χ1n) is 8.36. The second kappa shape index (κ2) is 6.85. The monoisotopic (exact) mass is 377 g/mol. The smallest absolute Gasteiger partial charge is 0.338 e. The molecule has 0 unspecified atom stereocenters. The molecule has 0 aliphatic rings. The van der Waals surface area contributed by atoms with Crippen LogP contribution < -0.4 is 5.32 Å². The largest absolute Gasteiger partial charge is 0.465 e. The number of pyridine rings is 2. The molecule has 1 N–H and O–H groups in total. The Labute approximate surface area is 161 Å². The van der Waals surface area contributed by atoms with Gasteiger partial charge in [-0.25, -0.2) is 9.78 Å². The van der Waals surface area contributed by atoms with Crippen molar-refractivity contribution in [3.05, 3.63) is 71.0 Å². The summed E-state index contributed by atoms with van der Waals surface area (Å²) in [4.78, 5) is 21.1. The molecule has 0 spiro atoms. The number of carbonyl (C=O) groups is 1. The van der Waals surface area contributed by atoms with Gasteiger partial charge in [0.15, 0.2) is 0 Å². The third kappa shape index (κ3) is 3.17. The van der Waals surface area contributed by atoms with Crippen LogP contribution in [0.4, 0.5) is 11.5 Å². The summed E-state index contributed by atoms with van der Waals surface area (Å²) in [6, 6.07) is 13.0. The molecule has 0 aliphatic heterocycles. The van der Waals surface area contributed by atoms with Gasteiger partial charge in [0.25, 0.3) is 0 Å².